The average molecular weight is 280 g/mol. The molecule has 0 aliphatic heterocycles. The maximum absolute atomic E-state index is 11.6. The van der Waals surface area contributed by atoms with Gasteiger partial charge in [-0.1, -0.05) is 0 Å². The summed E-state index contributed by atoms with van der Waals surface area (Å²) in [6, 6.07) is 0. The predicted molar refractivity (Wildman–Crippen MR) is 66.5 cm³/mol. The van der Waals surface area contributed by atoms with Crippen LogP contribution in [0.4, 0.5) is 0 Å². The highest BCUT2D eigenvalue weighted by atomic mass is 16.5. The molecule has 19 heavy (non-hydrogen) atoms. The number of carbonyl (C=O) groups is 3. The van der Waals surface area contributed by atoms with Crippen LogP contribution in [0.1, 0.15) is 29.8 Å². The smallest absolute Gasteiger partial charge is 0.307 e. The Bertz CT molecular complexity index is 422. The number of nitrogens with zero attached hydrogens (tertiary/aromatic N) is 1. The van der Waals surface area contributed by atoms with Crippen molar-refractivity contribution in [1.82, 2.24) is 0 Å². The summed E-state index contributed by atoms with van der Waals surface area (Å²) >= 11 is 0. The minimum atomic E-state index is -2.38. The van der Waals surface area contributed by atoms with Gasteiger partial charge in [-0.15, -0.1) is 0 Å². The molecule has 1 atom stereocenters. The van der Waals surface area contributed by atoms with Crippen LogP contribution in [0.2, 0.25) is 0 Å². The maximum atomic E-state index is 11.6. The Kier molecular flexibility index (Phi) is 5.05. The first-order chi connectivity index (χ1) is 9.85. The van der Waals surface area contributed by atoms with E-state index in [2.05, 4.69) is 0 Å². The van der Waals surface area contributed by atoms with Crippen LogP contribution in [0.3, 0.4) is 0 Å². The fourth-order valence-electron chi connectivity index (χ4n) is 1.48. The van der Waals surface area contributed by atoms with E-state index in [0.29, 0.717) is 0 Å². The highest BCUT2D eigenvalue weighted by Gasteiger charge is 2.24. The van der Waals surface area contributed by atoms with E-state index in [0.717, 1.165) is 0 Å². The first kappa shape index (κ1) is 12.4. The van der Waals surface area contributed by atoms with Crippen molar-refractivity contribution in [3.8, 4) is 0 Å². The summed E-state index contributed by atoms with van der Waals surface area (Å²) in [6.45, 7) is -2.57. The average Bonchev–Trinajstić information content (AvgIpc) is 2.24. The van der Waals surface area contributed by atoms with Crippen molar-refractivity contribution in [3.63, 3.8) is 0 Å². The second-order valence-electron chi connectivity index (χ2n) is 4.82. The van der Waals surface area contributed by atoms with Crippen LogP contribution in [0.15, 0.2) is 0 Å². The number of rotatable bonds is 9. The summed E-state index contributed by atoms with van der Waals surface area (Å²) in [4.78, 5) is 32.8. The third-order valence-corrected chi connectivity index (χ3v) is 2.13. The molecule has 0 bridgehead atoms. The number of hydrogen-bond donors (Lipinski definition) is 2. The Morgan fingerprint density at radius 3 is 2.32 bits per heavy atom. The molecule has 2 N–H and O–H groups in total. The molecule has 0 rings (SSSR count). The van der Waals surface area contributed by atoms with Gasteiger partial charge in [0.2, 0.25) is 0 Å². The molecule has 0 radical (unpaired) electrons. The Balaban J connectivity index is 4.68. The molecule has 0 amide bonds. The van der Waals surface area contributed by atoms with Gasteiger partial charge in [-0.25, -0.2) is 0 Å². The number of ether oxygens (including phenoxy) is 1. The van der Waals surface area contributed by atoms with Crippen LogP contribution in [0.25, 0.3) is 0 Å². The quantitative estimate of drug-likeness (QED) is 0.359. The fraction of sp³-hybridized carbons (Fsp3) is 0.750. The van der Waals surface area contributed by atoms with Gasteiger partial charge < -0.3 is 19.4 Å². The number of carboxylic acids is 2. The first-order valence-electron chi connectivity index (χ1n) is 7.31. The van der Waals surface area contributed by atoms with Crippen molar-refractivity contribution in [1.29, 1.82) is 0 Å². The van der Waals surface area contributed by atoms with Crippen molar-refractivity contribution < 1.29 is 37.9 Å². The van der Waals surface area contributed by atoms with Crippen LogP contribution in [0, 0.1) is 0 Å². The zero-order valence-corrected chi connectivity index (χ0v) is 11.1. The number of aliphatic carboxylic acids is 2. The lowest BCUT2D eigenvalue weighted by Gasteiger charge is -2.28. The van der Waals surface area contributed by atoms with Gasteiger partial charge in [-0.3, -0.25) is 14.4 Å². The fourth-order valence-corrected chi connectivity index (χ4v) is 1.48. The molecule has 0 aromatic carbocycles. The highest BCUT2D eigenvalue weighted by Crippen LogP contribution is 2.08. The van der Waals surface area contributed by atoms with Gasteiger partial charge in [-0.05, 0) is 6.42 Å². The van der Waals surface area contributed by atoms with Crippen LogP contribution in [-0.2, 0) is 19.1 Å². The lowest BCUT2D eigenvalue weighted by atomic mass is 10.2. The highest BCUT2D eigenvalue weighted by molar-refractivity contribution is 5.72. The zero-order chi connectivity index (χ0) is 17.6. The molecule has 7 heteroatoms. The van der Waals surface area contributed by atoms with Gasteiger partial charge in [0.15, 0.2) is 6.10 Å². The second-order valence-corrected chi connectivity index (χ2v) is 4.82. The number of quaternary nitrogens is 1. The summed E-state index contributed by atoms with van der Waals surface area (Å²) in [6.07, 6.45) is -1.89. The molecular weight excluding hydrogens is 255 g/mol. The molecule has 0 saturated carbocycles. The van der Waals surface area contributed by atoms with Crippen LogP contribution < -0.4 is 0 Å². The van der Waals surface area contributed by atoms with E-state index < -0.39 is 41.9 Å². The van der Waals surface area contributed by atoms with Crippen LogP contribution >= 0.6 is 0 Å². The monoisotopic (exact) mass is 280 g/mol. The Morgan fingerprint density at radius 1 is 1.21 bits per heavy atom. The van der Waals surface area contributed by atoms with Crippen molar-refractivity contribution in [2.75, 3.05) is 27.6 Å². The SMILES string of the molecule is [2H][13C]([2H])([2H])[N+](C)(C)CC(CC(=O)O)OC(=O)CCCC(=O)O. The van der Waals surface area contributed by atoms with E-state index in [1.165, 1.54) is 14.1 Å². The lowest BCUT2D eigenvalue weighted by molar-refractivity contribution is -0.873. The molecule has 0 heterocycles. The molecule has 0 aromatic rings. The van der Waals surface area contributed by atoms with Gasteiger partial charge in [0.05, 0.1) is 31.6 Å². The predicted octanol–water partition coefficient (Wildman–Crippen LogP) is 0.334. The van der Waals surface area contributed by atoms with Gasteiger partial charge in [0.1, 0.15) is 6.54 Å². The molecule has 0 saturated heterocycles. The third kappa shape index (κ3) is 11.2. The van der Waals surface area contributed by atoms with E-state index in [-0.39, 0.29) is 25.8 Å². The topological polar surface area (TPSA) is 101 Å². The summed E-state index contributed by atoms with van der Waals surface area (Å²) < 4.78 is 26.7. The Morgan fingerprint density at radius 2 is 1.84 bits per heavy atom. The van der Waals surface area contributed by atoms with E-state index in [1.807, 2.05) is 0 Å². The summed E-state index contributed by atoms with van der Waals surface area (Å²) in [5, 5.41) is 17.3. The van der Waals surface area contributed by atoms with Crippen LogP contribution in [-0.4, -0.2) is 66.3 Å². The zero-order valence-electron chi connectivity index (χ0n) is 14.1. The van der Waals surface area contributed by atoms with Gasteiger partial charge in [0.25, 0.3) is 0 Å². The number of esters is 1. The minimum Gasteiger partial charge on any atom is -0.481 e. The first-order valence-corrected chi connectivity index (χ1v) is 5.81. The van der Waals surface area contributed by atoms with Crippen molar-refractivity contribution >= 4 is 17.9 Å². The van der Waals surface area contributed by atoms with Gasteiger partial charge in [-0.2, -0.15) is 0 Å². The molecule has 0 aliphatic rings. The number of hydrogen-bond acceptors (Lipinski definition) is 4. The normalized spacial score (nSPS) is 15.8. The lowest BCUT2D eigenvalue weighted by Crippen LogP contribution is -2.43. The molecule has 7 nitrogen and oxygen atoms in total. The number of carbonyl (C=O) groups excluding carboxylic acids is 1. The number of carboxylic acid groups (broad SMARTS) is 2. The summed E-state index contributed by atoms with van der Waals surface area (Å²) in [7, 11) is 2.78. The van der Waals surface area contributed by atoms with E-state index in [4.69, 9.17) is 19.1 Å². The molecule has 0 spiro atoms. The van der Waals surface area contributed by atoms with Gasteiger partial charge >= 0.3 is 17.9 Å². The molecule has 0 aliphatic carbocycles. The van der Waals surface area contributed by atoms with Crippen molar-refractivity contribution in [2.24, 2.45) is 0 Å². The molecule has 0 aromatic heterocycles. The molecular formula is C12H22NO6+. The summed E-state index contributed by atoms with van der Waals surface area (Å²) in [5.74, 6) is -3.00. The van der Waals surface area contributed by atoms with E-state index in [1.54, 1.807) is 0 Å². The van der Waals surface area contributed by atoms with E-state index >= 15 is 0 Å². The Labute approximate surface area is 116 Å². The van der Waals surface area contributed by atoms with Crippen molar-refractivity contribution in [3.05, 3.63) is 0 Å². The van der Waals surface area contributed by atoms with Crippen molar-refractivity contribution in [2.45, 2.75) is 31.8 Å². The molecule has 0 fully saturated rings. The second kappa shape index (κ2) is 7.73. The number of likely N-dealkylation sites (N-methyl/N-ethyl adjacent to an activating group) is 1. The maximum Gasteiger partial charge on any atom is 0.307 e. The minimum absolute atomic E-state index is 0.0749. The molecule has 110 valence electrons. The van der Waals surface area contributed by atoms with Crippen LogP contribution in [0.5, 0.6) is 0 Å². The Hall–Kier alpha value is -1.63. The van der Waals surface area contributed by atoms with Gasteiger partial charge in [0, 0.05) is 12.8 Å². The van der Waals surface area contributed by atoms with E-state index in [9.17, 15) is 14.4 Å². The largest absolute Gasteiger partial charge is 0.481 e. The summed E-state index contributed by atoms with van der Waals surface area (Å²) in [5.41, 5.74) is 0. The standard InChI is InChI=1S/C12H21NO6/c1-13(2,3)8-9(7-11(16)17)19-12(18)6-4-5-10(14)15/h9H,4-8H2,1-3H3,(H-,14,15,16,17)/p+1/i1+1D3. The molecule has 1 unspecified atom stereocenters. The third-order valence-electron chi connectivity index (χ3n) is 2.13.